The molecule has 2 fully saturated rings. The minimum atomic E-state index is 0.137. The standard InChI is InChI=1S/C26H25Cl2N7O/c1-26(35-5-2-6-35)14-34(15-26)25-16(9-29)7-17(10-33-25)24(31)19-8-18(3-4-23(19)30)36-13-20-21(27)11-32-12-22(20)28/h3-4,7-8,10-12,31H,2,5-6,13-15,30H2,1H3. The van der Waals surface area contributed by atoms with E-state index >= 15 is 0 Å². The molecule has 5 rings (SSSR count). The van der Waals surface area contributed by atoms with E-state index in [-0.39, 0.29) is 17.9 Å². The van der Waals surface area contributed by atoms with Crippen molar-refractivity contribution >= 4 is 40.4 Å². The van der Waals surface area contributed by atoms with Gasteiger partial charge in [-0.3, -0.25) is 15.3 Å². The van der Waals surface area contributed by atoms with Gasteiger partial charge in [0.25, 0.3) is 0 Å². The molecule has 2 aliphatic rings. The molecule has 0 spiro atoms. The summed E-state index contributed by atoms with van der Waals surface area (Å²) in [6.45, 7) is 6.33. The van der Waals surface area contributed by atoms with Crippen molar-refractivity contribution in [2.75, 3.05) is 36.8 Å². The molecule has 10 heteroatoms. The van der Waals surface area contributed by atoms with Crippen molar-refractivity contribution in [2.24, 2.45) is 0 Å². The molecule has 0 saturated carbocycles. The third kappa shape index (κ3) is 4.46. The highest BCUT2D eigenvalue weighted by molar-refractivity contribution is 6.35. The van der Waals surface area contributed by atoms with Crippen molar-refractivity contribution in [1.82, 2.24) is 14.9 Å². The van der Waals surface area contributed by atoms with Crippen molar-refractivity contribution in [3.05, 3.63) is 75.2 Å². The fourth-order valence-electron chi connectivity index (χ4n) is 4.64. The molecule has 3 aromatic rings. The molecule has 2 saturated heterocycles. The van der Waals surface area contributed by atoms with E-state index in [0.717, 1.165) is 26.2 Å². The molecule has 0 unspecified atom stereocenters. The lowest BCUT2D eigenvalue weighted by Gasteiger charge is -2.57. The van der Waals surface area contributed by atoms with E-state index in [0.29, 0.717) is 49.6 Å². The van der Waals surface area contributed by atoms with Crippen LogP contribution in [0.1, 0.15) is 35.6 Å². The van der Waals surface area contributed by atoms with Gasteiger partial charge in [-0.05, 0) is 37.6 Å². The van der Waals surface area contributed by atoms with Crippen molar-refractivity contribution in [3.63, 3.8) is 0 Å². The first-order valence-electron chi connectivity index (χ1n) is 11.6. The summed E-state index contributed by atoms with van der Waals surface area (Å²) in [5.41, 5.74) is 8.95. The van der Waals surface area contributed by atoms with Gasteiger partial charge in [-0.2, -0.15) is 5.26 Å². The van der Waals surface area contributed by atoms with Gasteiger partial charge in [-0.1, -0.05) is 23.2 Å². The highest BCUT2D eigenvalue weighted by Crippen LogP contribution is 2.35. The third-order valence-electron chi connectivity index (χ3n) is 6.89. The summed E-state index contributed by atoms with van der Waals surface area (Å²) in [6.07, 6.45) is 5.88. The number of aromatic nitrogens is 2. The topological polar surface area (TPSA) is 115 Å². The number of ether oxygens (including phenoxy) is 1. The maximum absolute atomic E-state index is 9.81. The van der Waals surface area contributed by atoms with Gasteiger partial charge in [0.05, 0.1) is 26.9 Å². The zero-order chi connectivity index (χ0) is 25.4. The summed E-state index contributed by atoms with van der Waals surface area (Å²) in [6, 6.07) is 9.04. The summed E-state index contributed by atoms with van der Waals surface area (Å²) < 4.78 is 5.88. The van der Waals surface area contributed by atoms with Crippen molar-refractivity contribution in [2.45, 2.75) is 25.5 Å². The fourth-order valence-corrected chi connectivity index (χ4v) is 5.11. The Morgan fingerprint density at radius 1 is 1.19 bits per heavy atom. The Morgan fingerprint density at radius 3 is 2.56 bits per heavy atom. The number of hydrogen-bond acceptors (Lipinski definition) is 8. The number of hydrogen-bond donors (Lipinski definition) is 2. The first kappa shape index (κ1) is 24.3. The first-order valence-corrected chi connectivity index (χ1v) is 12.3. The Kier molecular flexibility index (Phi) is 6.47. The van der Waals surface area contributed by atoms with Crippen LogP contribution in [-0.4, -0.2) is 52.3 Å². The number of nitrogen functional groups attached to an aromatic ring is 1. The van der Waals surface area contributed by atoms with Crippen molar-refractivity contribution in [1.29, 1.82) is 10.7 Å². The maximum atomic E-state index is 9.81. The molecule has 0 radical (unpaired) electrons. The van der Waals surface area contributed by atoms with Crippen molar-refractivity contribution < 1.29 is 4.74 Å². The van der Waals surface area contributed by atoms with Gasteiger partial charge in [-0.25, -0.2) is 4.98 Å². The van der Waals surface area contributed by atoms with E-state index in [1.165, 1.54) is 18.8 Å². The molecular weight excluding hydrogens is 497 g/mol. The molecule has 36 heavy (non-hydrogen) atoms. The minimum absolute atomic E-state index is 0.137. The number of nitrogens with two attached hydrogens (primary N) is 1. The molecule has 1 aromatic carbocycles. The van der Waals surface area contributed by atoms with Gasteiger partial charge in [0.1, 0.15) is 24.2 Å². The van der Waals surface area contributed by atoms with Crippen LogP contribution in [0.2, 0.25) is 10.0 Å². The summed E-state index contributed by atoms with van der Waals surface area (Å²) >= 11 is 12.4. The SMILES string of the molecule is CC1(N2CCC2)CN(c2ncc(C(=N)c3cc(OCc4c(Cl)cncc4Cl)ccc3N)cc2C#N)C1. The van der Waals surface area contributed by atoms with E-state index < -0.39 is 0 Å². The van der Waals surface area contributed by atoms with Crippen LogP contribution in [0.15, 0.2) is 42.9 Å². The van der Waals surface area contributed by atoms with Crippen LogP contribution in [0.25, 0.3) is 0 Å². The Hall–Kier alpha value is -3.38. The summed E-state index contributed by atoms with van der Waals surface area (Å²) in [4.78, 5) is 13.1. The number of halogens is 2. The Balaban J connectivity index is 1.33. The van der Waals surface area contributed by atoms with Gasteiger partial charge < -0.3 is 15.4 Å². The molecule has 0 atom stereocenters. The number of benzene rings is 1. The van der Waals surface area contributed by atoms with Gasteiger partial charge in [0.2, 0.25) is 0 Å². The normalized spacial score (nSPS) is 16.6. The van der Waals surface area contributed by atoms with E-state index in [4.69, 9.17) is 39.1 Å². The van der Waals surface area contributed by atoms with Gasteiger partial charge >= 0.3 is 0 Å². The molecule has 184 valence electrons. The molecule has 0 aliphatic carbocycles. The first-order chi connectivity index (χ1) is 17.3. The predicted molar refractivity (Wildman–Crippen MR) is 141 cm³/mol. The number of pyridine rings is 2. The van der Waals surface area contributed by atoms with Crippen LogP contribution in [0, 0.1) is 16.7 Å². The van der Waals surface area contributed by atoms with Crippen LogP contribution >= 0.6 is 23.2 Å². The summed E-state index contributed by atoms with van der Waals surface area (Å²) in [5.74, 6) is 1.16. The highest BCUT2D eigenvalue weighted by atomic mass is 35.5. The molecule has 0 amide bonds. The molecular formula is C26H25Cl2N7O. The van der Waals surface area contributed by atoms with E-state index in [1.54, 1.807) is 30.5 Å². The van der Waals surface area contributed by atoms with Crippen molar-refractivity contribution in [3.8, 4) is 11.8 Å². The molecule has 2 aliphatic heterocycles. The van der Waals surface area contributed by atoms with E-state index in [9.17, 15) is 5.26 Å². The van der Waals surface area contributed by atoms with Crippen LogP contribution < -0.4 is 15.4 Å². The smallest absolute Gasteiger partial charge is 0.146 e. The number of nitrogens with one attached hydrogen (secondary N) is 1. The Labute approximate surface area is 219 Å². The van der Waals surface area contributed by atoms with E-state index in [1.807, 2.05) is 0 Å². The quantitative estimate of drug-likeness (QED) is 0.346. The average molecular weight is 522 g/mol. The summed E-state index contributed by atoms with van der Waals surface area (Å²) in [5, 5.41) is 19.4. The van der Waals surface area contributed by atoms with Crippen LogP contribution in [0.3, 0.4) is 0 Å². The fraction of sp³-hybridized carbons (Fsp3) is 0.308. The Bertz CT molecular complexity index is 1360. The molecule has 4 heterocycles. The van der Waals surface area contributed by atoms with Crippen LogP contribution in [0.5, 0.6) is 5.75 Å². The second kappa shape index (κ2) is 9.58. The minimum Gasteiger partial charge on any atom is -0.489 e. The molecule has 8 nitrogen and oxygen atoms in total. The largest absolute Gasteiger partial charge is 0.489 e. The van der Waals surface area contributed by atoms with Crippen LogP contribution in [-0.2, 0) is 6.61 Å². The lowest BCUT2D eigenvalue weighted by atomic mass is 9.87. The number of likely N-dealkylation sites (tertiary alicyclic amines) is 1. The number of anilines is 2. The highest BCUT2D eigenvalue weighted by Gasteiger charge is 2.46. The predicted octanol–water partition coefficient (Wildman–Crippen LogP) is 4.52. The lowest BCUT2D eigenvalue weighted by Crippen LogP contribution is -2.71. The second-order valence-electron chi connectivity index (χ2n) is 9.39. The Morgan fingerprint density at radius 2 is 1.92 bits per heavy atom. The maximum Gasteiger partial charge on any atom is 0.146 e. The molecule has 0 bridgehead atoms. The third-order valence-corrected chi connectivity index (χ3v) is 7.54. The number of rotatable bonds is 7. The van der Waals surface area contributed by atoms with Gasteiger partial charge in [0.15, 0.2) is 0 Å². The zero-order valence-corrected chi connectivity index (χ0v) is 21.3. The monoisotopic (exact) mass is 521 g/mol. The summed E-state index contributed by atoms with van der Waals surface area (Å²) in [7, 11) is 0. The number of nitrogens with zero attached hydrogens (tertiary/aromatic N) is 5. The lowest BCUT2D eigenvalue weighted by molar-refractivity contribution is 0.0206. The van der Waals surface area contributed by atoms with Gasteiger partial charge in [-0.15, -0.1) is 0 Å². The number of nitriles is 1. The average Bonchev–Trinajstić information content (AvgIpc) is 2.81. The van der Waals surface area contributed by atoms with E-state index in [2.05, 4.69) is 32.8 Å². The molecule has 3 N–H and O–H groups in total. The van der Waals surface area contributed by atoms with Gasteiger partial charge in [0, 0.05) is 67.1 Å². The second-order valence-corrected chi connectivity index (χ2v) is 10.2. The van der Waals surface area contributed by atoms with Crippen LogP contribution in [0.4, 0.5) is 11.5 Å². The zero-order valence-electron chi connectivity index (χ0n) is 19.8. The molecule has 2 aromatic heterocycles.